The van der Waals surface area contributed by atoms with E-state index < -0.39 is 0 Å². The Kier molecular flexibility index (Phi) is 6.53. The minimum absolute atomic E-state index is 0.0779. The van der Waals surface area contributed by atoms with Crippen LogP contribution in [-0.4, -0.2) is 0 Å². The van der Waals surface area contributed by atoms with Gasteiger partial charge < -0.3 is 4.42 Å². The lowest BCUT2D eigenvalue weighted by Gasteiger charge is -2.12. The largest absolute Gasteiger partial charge is 0.448 e. The highest BCUT2D eigenvalue weighted by molar-refractivity contribution is 6.28. The van der Waals surface area contributed by atoms with E-state index in [9.17, 15) is 0 Å². The predicted octanol–water partition coefficient (Wildman–Crippen LogP) is 3.80. The van der Waals surface area contributed by atoms with E-state index >= 15 is 0 Å². The molecule has 0 aliphatic rings. The van der Waals surface area contributed by atoms with Crippen LogP contribution in [0.3, 0.4) is 0 Å². The van der Waals surface area contributed by atoms with Crippen LogP contribution >= 0.6 is 11.6 Å². The van der Waals surface area contributed by atoms with Gasteiger partial charge in [-0.2, -0.15) is 0 Å². The SMILES string of the molecule is CCCCCCCC(NN)c1ccc(Cl)o1. The molecule has 0 spiro atoms. The Morgan fingerprint density at radius 3 is 2.62 bits per heavy atom. The third kappa shape index (κ3) is 4.56. The molecule has 4 heteroatoms. The average Bonchev–Trinajstić information content (AvgIpc) is 2.70. The Balaban J connectivity index is 2.27. The van der Waals surface area contributed by atoms with Crippen LogP contribution in [0.1, 0.15) is 57.3 Å². The first-order valence-corrected chi connectivity index (χ1v) is 6.37. The van der Waals surface area contributed by atoms with Gasteiger partial charge in [-0.15, -0.1) is 0 Å². The molecule has 1 heterocycles. The molecule has 3 N–H and O–H groups in total. The fourth-order valence-corrected chi connectivity index (χ4v) is 1.93. The van der Waals surface area contributed by atoms with Gasteiger partial charge in [0.1, 0.15) is 5.76 Å². The molecule has 0 fully saturated rings. The maximum Gasteiger partial charge on any atom is 0.193 e. The second-order valence-electron chi connectivity index (χ2n) is 4.06. The number of hydrogen-bond acceptors (Lipinski definition) is 3. The number of hydrogen-bond donors (Lipinski definition) is 2. The molecule has 0 saturated heterocycles. The van der Waals surface area contributed by atoms with Crippen molar-refractivity contribution in [3.05, 3.63) is 23.1 Å². The summed E-state index contributed by atoms with van der Waals surface area (Å²) in [7, 11) is 0. The van der Waals surface area contributed by atoms with Gasteiger partial charge in [0.2, 0.25) is 0 Å². The van der Waals surface area contributed by atoms with Crippen molar-refractivity contribution in [3.63, 3.8) is 0 Å². The predicted molar refractivity (Wildman–Crippen MR) is 67.2 cm³/mol. The Morgan fingerprint density at radius 2 is 2.06 bits per heavy atom. The normalized spacial score (nSPS) is 12.9. The molecule has 0 saturated carbocycles. The summed E-state index contributed by atoms with van der Waals surface area (Å²) in [5.41, 5.74) is 2.77. The van der Waals surface area contributed by atoms with Gasteiger partial charge in [-0.3, -0.25) is 5.84 Å². The van der Waals surface area contributed by atoms with Crippen molar-refractivity contribution in [2.45, 2.75) is 51.5 Å². The summed E-state index contributed by atoms with van der Waals surface area (Å²) in [5.74, 6) is 6.32. The van der Waals surface area contributed by atoms with E-state index in [1.54, 1.807) is 6.07 Å². The molecule has 3 nitrogen and oxygen atoms in total. The minimum Gasteiger partial charge on any atom is -0.448 e. The summed E-state index contributed by atoms with van der Waals surface area (Å²) < 4.78 is 5.34. The smallest absolute Gasteiger partial charge is 0.193 e. The van der Waals surface area contributed by atoms with Crippen molar-refractivity contribution in [2.24, 2.45) is 5.84 Å². The average molecular weight is 245 g/mol. The Bertz CT molecular complexity index is 288. The Hall–Kier alpha value is -0.510. The summed E-state index contributed by atoms with van der Waals surface area (Å²) in [5, 5.41) is 0.418. The first kappa shape index (κ1) is 13.6. The van der Waals surface area contributed by atoms with Gasteiger partial charge in [0.25, 0.3) is 0 Å². The molecule has 0 bridgehead atoms. The summed E-state index contributed by atoms with van der Waals surface area (Å²) in [6.45, 7) is 2.22. The lowest BCUT2D eigenvalue weighted by molar-refractivity contribution is 0.389. The van der Waals surface area contributed by atoms with E-state index in [0.29, 0.717) is 5.22 Å². The molecule has 92 valence electrons. The topological polar surface area (TPSA) is 51.2 Å². The molecule has 0 amide bonds. The quantitative estimate of drug-likeness (QED) is 0.416. The van der Waals surface area contributed by atoms with Crippen LogP contribution in [-0.2, 0) is 0 Å². The third-order valence-corrected chi connectivity index (χ3v) is 2.94. The minimum atomic E-state index is 0.0779. The van der Waals surface area contributed by atoms with Gasteiger partial charge in [-0.25, -0.2) is 5.43 Å². The van der Waals surface area contributed by atoms with Crippen molar-refractivity contribution in [3.8, 4) is 0 Å². The second-order valence-corrected chi connectivity index (χ2v) is 4.44. The van der Waals surface area contributed by atoms with Gasteiger partial charge >= 0.3 is 0 Å². The molecular weight excluding hydrogens is 224 g/mol. The van der Waals surface area contributed by atoms with E-state index in [4.69, 9.17) is 21.9 Å². The fourth-order valence-electron chi connectivity index (χ4n) is 1.78. The summed E-state index contributed by atoms with van der Waals surface area (Å²) in [6, 6.07) is 3.70. The zero-order valence-corrected chi connectivity index (χ0v) is 10.6. The molecular formula is C12H21ClN2O. The number of unbranched alkanes of at least 4 members (excludes halogenated alkanes) is 4. The van der Waals surface area contributed by atoms with E-state index in [1.807, 2.05) is 6.07 Å². The lowest BCUT2D eigenvalue weighted by atomic mass is 10.1. The van der Waals surface area contributed by atoms with Crippen molar-refractivity contribution in [1.29, 1.82) is 0 Å². The van der Waals surface area contributed by atoms with Crippen LogP contribution in [0.5, 0.6) is 0 Å². The van der Waals surface area contributed by atoms with E-state index in [2.05, 4.69) is 12.3 Å². The second kappa shape index (κ2) is 7.71. The molecule has 0 aromatic carbocycles. The molecule has 0 aliphatic heterocycles. The van der Waals surface area contributed by atoms with Gasteiger partial charge in [0.15, 0.2) is 5.22 Å². The highest BCUT2D eigenvalue weighted by Crippen LogP contribution is 2.23. The Labute approximate surface area is 102 Å². The molecule has 0 radical (unpaired) electrons. The number of nitrogens with one attached hydrogen (secondary N) is 1. The number of furan rings is 1. The fraction of sp³-hybridized carbons (Fsp3) is 0.667. The number of nitrogens with two attached hydrogens (primary N) is 1. The van der Waals surface area contributed by atoms with Crippen molar-refractivity contribution < 1.29 is 4.42 Å². The first-order valence-electron chi connectivity index (χ1n) is 5.99. The first-order chi connectivity index (χ1) is 7.77. The maximum absolute atomic E-state index is 5.73. The lowest BCUT2D eigenvalue weighted by Crippen LogP contribution is -2.27. The van der Waals surface area contributed by atoms with Crippen molar-refractivity contribution in [1.82, 2.24) is 5.43 Å². The van der Waals surface area contributed by atoms with Crippen LogP contribution in [0.4, 0.5) is 0 Å². The zero-order valence-electron chi connectivity index (χ0n) is 9.84. The highest BCUT2D eigenvalue weighted by atomic mass is 35.5. The summed E-state index contributed by atoms with van der Waals surface area (Å²) >= 11 is 5.73. The Morgan fingerprint density at radius 1 is 1.31 bits per heavy atom. The maximum atomic E-state index is 5.73. The standard InChI is InChI=1S/C12H21ClN2O/c1-2-3-4-5-6-7-10(15-14)11-8-9-12(13)16-11/h8-10,15H,2-7,14H2,1H3. The van der Waals surface area contributed by atoms with Crippen LogP contribution in [0, 0.1) is 0 Å². The van der Waals surface area contributed by atoms with Gasteiger partial charge in [-0.05, 0) is 30.2 Å². The molecule has 1 atom stereocenters. The van der Waals surface area contributed by atoms with Crippen molar-refractivity contribution >= 4 is 11.6 Å². The summed E-state index contributed by atoms with van der Waals surface area (Å²) in [6.07, 6.45) is 7.28. The van der Waals surface area contributed by atoms with Gasteiger partial charge in [0, 0.05) is 0 Å². The molecule has 1 aromatic heterocycles. The molecule has 1 rings (SSSR count). The molecule has 16 heavy (non-hydrogen) atoms. The number of hydrazine groups is 1. The van der Waals surface area contributed by atoms with Gasteiger partial charge in [0.05, 0.1) is 6.04 Å². The highest BCUT2D eigenvalue weighted by Gasteiger charge is 2.13. The molecule has 0 aliphatic carbocycles. The number of halogens is 1. The number of rotatable bonds is 8. The third-order valence-electron chi connectivity index (χ3n) is 2.73. The molecule has 1 unspecified atom stereocenters. The van der Waals surface area contributed by atoms with Crippen LogP contribution in [0.15, 0.2) is 16.5 Å². The zero-order chi connectivity index (χ0) is 11.8. The van der Waals surface area contributed by atoms with E-state index in [-0.39, 0.29) is 6.04 Å². The van der Waals surface area contributed by atoms with Crippen LogP contribution < -0.4 is 11.3 Å². The summed E-state index contributed by atoms with van der Waals surface area (Å²) in [4.78, 5) is 0. The molecule has 1 aromatic rings. The van der Waals surface area contributed by atoms with E-state index in [1.165, 1.54) is 25.7 Å². The monoisotopic (exact) mass is 244 g/mol. The van der Waals surface area contributed by atoms with Gasteiger partial charge in [-0.1, -0.05) is 39.0 Å². The van der Waals surface area contributed by atoms with Crippen molar-refractivity contribution in [2.75, 3.05) is 0 Å². The van der Waals surface area contributed by atoms with Crippen LogP contribution in [0.25, 0.3) is 0 Å². The van der Waals surface area contributed by atoms with E-state index in [0.717, 1.165) is 18.6 Å². The van der Waals surface area contributed by atoms with Crippen LogP contribution in [0.2, 0.25) is 5.22 Å².